The van der Waals surface area contributed by atoms with Gasteiger partial charge in [-0.1, -0.05) is 12.8 Å². The van der Waals surface area contributed by atoms with Gasteiger partial charge in [-0.2, -0.15) is 0 Å². The molecule has 4 unspecified atom stereocenters. The normalized spacial score (nSPS) is 38.0. The molecule has 1 aliphatic carbocycles. The molecule has 0 bridgehead atoms. The molecular formula is C13H24N2O2. The van der Waals surface area contributed by atoms with E-state index in [0.717, 1.165) is 19.3 Å². The van der Waals surface area contributed by atoms with E-state index in [-0.39, 0.29) is 24.0 Å². The van der Waals surface area contributed by atoms with Gasteiger partial charge in [0, 0.05) is 12.6 Å². The van der Waals surface area contributed by atoms with Crippen LogP contribution in [0.15, 0.2) is 0 Å². The molecule has 0 aromatic carbocycles. The number of hydrogen-bond acceptors (Lipinski definition) is 3. The van der Waals surface area contributed by atoms with E-state index >= 15 is 0 Å². The highest BCUT2D eigenvalue weighted by Gasteiger charge is 2.33. The van der Waals surface area contributed by atoms with E-state index in [1.54, 1.807) is 0 Å². The van der Waals surface area contributed by atoms with Gasteiger partial charge in [0.2, 0.25) is 5.91 Å². The van der Waals surface area contributed by atoms with Gasteiger partial charge in [-0.05, 0) is 38.6 Å². The first-order valence-corrected chi connectivity index (χ1v) is 6.84. The van der Waals surface area contributed by atoms with E-state index in [1.165, 1.54) is 12.8 Å². The summed E-state index contributed by atoms with van der Waals surface area (Å²) in [5.74, 6) is 0.668. The molecule has 17 heavy (non-hydrogen) atoms. The monoisotopic (exact) mass is 240 g/mol. The second-order valence-electron chi connectivity index (χ2n) is 5.37. The molecule has 0 aromatic heterocycles. The zero-order chi connectivity index (χ0) is 12.3. The summed E-state index contributed by atoms with van der Waals surface area (Å²) in [5.41, 5.74) is 5.77. The molecule has 0 radical (unpaired) electrons. The summed E-state index contributed by atoms with van der Waals surface area (Å²) in [6.45, 7) is 3.38. The van der Waals surface area contributed by atoms with Crippen LogP contribution in [0.2, 0.25) is 0 Å². The molecule has 0 aromatic rings. The van der Waals surface area contributed by atoms with Crippen LogP contribution in [0.25, 0.3) is 0 Å². The average Bonchev–Trinajstić information content (AvgIpc) is 2.76. The quantitative estimate of drug-likeness (QED) is 0.775. The number of nitrogens with two attached hydrogens (primary N) is 1. The van der Waals surface area contributed by atoms with Crippen LogP contribution in [0.4, 0.5) is 0 Å². The predicted molar refractivity (Wildman–Crippen MR) is 66.5 cm³/mol. The fourth-order valence-electron chi connectivity index (χ4n) is 3.05. The Balaban J connectivity index is 1.88. The molecule has 4 atom stereocenters. The van der Waals surface area contributed by atoms with E-state index in [2.05, 4.69) is 5.32 Å². The minimum absolute atomic E-state index is 0.0374. The van der Waals surface area contributed by atoms with E-state index in [1.807, 2.05) is 6.92 Å². The summed E-state index contributed by atoms with van der Waals surface area (Å²) in [5, 5.41) is 3.19. The summed E-state index contributed by atoms with van der Waals surface area (Å²) >= 11 is 0. The first-order valence-electron chi connectivity index (χ1n) is 6.84. The highest BCUT2D eigenvalue weighted by molar-refractivity contribution is 5.79. The van der Waals surface area contributed by atoms with Gasteiger partial charge >= 0.3 is 0 Å². The van der Waals surface area contributed by atoms with Gasteiger partial charge in [-0.3, -0.25) is 4.79 Å². The zero-order valence-corrected chi connectivity index (χ0v) is 10.7. The summed E-state index contributed by atoms with van der Waals surface area (Å²) in [6, 6.07) is 0.286. The lowest BCUT2D eigenvalue weighted by atomic mass is 9.84. The molecule has 1 saturated heterocycles. The Morgan fingerprint density at radius 1 is 1.35 bits per heavy atom. The Labute approximate surface area is 103 Å². The molecule has 4 nitrogen and oxygen atoms in total. The Kier molecular flexibility index (Phi) is 4.40. The number of rotatable bonds is 3. The lowest BCUT2D eigenvalue weighted by Gasteiger charge is -2.32. The molecule has 1 heterocycles. The lowest BCUT2D eigenvalue weighted by molar-refractivity contribution is -0.127. The maximum Gasteiger partial charge on any atom is 0.226 e. The predicted octanol–water partition coefficient (Wildman–Crippen LogP) is 1.05. The molecule has 1 saturated carbocycles. The Morgan fingerprint density at radius 2 is 2.12 bits per heavy atom. The lowest BCUT2D eigenvalue weighted by Crippen LogP contribution is -2.47. The second-order valence-corrected chi connectivity index (χ2v) is 5.37. The number of hydrogen-bond donors (Lipinski definition) is 2. The van der Waals surface area contributed by atoms with E-state index < -0.39 is 0 Å². The first-order chi connectivity index (χ1) is 8.22. The smallest absolute Gasteiger partial charge is 0.226 e. The third-order valence-electron chi connectivity index (χ3n) is 4.25. The number of carbonyl (C=O) groups excluding carboxylic acids is 1. The van der Waals surface area contributed by atoms with Crippen molar-refractivity contribution < 1.29 is 9.53 Å². The highest BCUT2D eigenvalue weighted by Crippen LogP contribution is 2.25. The number of nitrogens with one attached hydrogen (secondary N) is 1. The second kappa shape index (κ2) is 5.83. The number of amides is 1. The number of carbonyl (C=O) groups is 1. The van der Waals surface area contributed by atoms with Crippen LogP contribution in [0.3, 0.4) is 0 Å². The largest absolute Gasteiger partial charge is 0.378 e. The molecule has 2 aliphatic rings. The molecule has 2 rings (SSSR count). The Hall–Kier alpha value is -0.610. The van der Waals surface area contributed by atoms with Gasteiger partial charge in [0.05, 0.1) is 12.0 Å². The molecule has 0 spiro atoms. The molecule has 1 aliphatic heterocycles. The fourth-order valence-corrected chi connectivity index (χ4v) is 3.05. The minimum Gasteiger partial charge on any atom is -0.378 e. The van der Waals surface area contributed by atoms with Crippen molar-refractivity contribution in [1.82, 2.24) is 5.32 Å². The van der Waals surface area contributed by atoms with Crippen molar-refractivity contribution in [3.8, 4) is 0 Å². The third-order valence-corrected chi connectivity index (χ3v) is 4.25. The maximum atomic E-state index is 12.2. The van der Waals surface area contributed by atoms with Crippen LogP contribution < -0.4 is 11.1 Å². The highest BCUT2D eigenvalue weighted by atomic mass is 16.5. The van der Waals surface area contributed by atoms with Gasteiger partial charge in [0.25, 0.3) is 0 Å². The van der Waals surface area contributed by atoms with Crippen molar-refractivity contribution in [3.05, 3.63) is 0 Å². The first kappa shape index (κ1) is 12.8. The Morgan fingerprint density at radius 3 is 2.76 bits per heavy atom. The van der Waals surface area contributed by atoms with Crippen LogP contribution in [0.1, 0.15) is 39.0 Å². The topological polar surface area (TPSA) is 64.3 Å². The van der Waals surface area contributed by atoms with Crippen LogP contribution in [0.5, 0.6) is 0 Å². The molecule has 4 heteroatoms. The number of ether oxygens (including phenoxy) is 1. The average molecular weight is 240 g/mol. The molecule has 3 N–H and O–H groups in total. The van der Waals surface area contributed by atoms with Crippen molar-refractivity contribution in [2.45, 2.75) is 51.2 Å². The van der Waals surface area contributed by atoms with Gasteiger partial charge in [-0.25, -0.2) is 0 Å². The summed E-state index contributed by atoms with van der Waals surface area (Å²) < 4.78 is 5.44. The molecular weight excluding hydrogens is 216 g/mol. The molecule has 1 amide bonds. The molecule has 98 valence electrons. The van der Waals surface area contributed by atoms with Crippen LogP contribution in [0, 0.1) is 11.8 Å². The standard InChI is InChI=1S/C13H24N2O2/c1-9-11(6-7-17-9)13(16)15-12-5-3-2-4-10(12)8-14/h9-12H,2-8,14H2,1H3,(H,15,16). The molecule has 2 fully saturated rings. The summed E-state index contributed by atoms with van der Waals surface area (Å²) in [7, 11) is 0. The van der Waals surface area contributed by atoms with Crippen molar-refractivity contribution >= 4 is 5.91 Å². The van der Waals surface area contributed by atoms with Crippen LogP contribution in [-0.2, 0) is 9.53 Å². The minimum atomic E-state index is 0.0374. The van der Waals surface area contributed by atoms with E-state index in [0.29, 0.717) is 19.1 Å². The van der Waals surface area contributed by atoms with Crippen molar-refractivity contribution in [1.29, 1.82) is 0 Å². The van der Waals surface area contributed by atoms with Crippen LogP contribution >= 0.6 is 0 Å². The van der Waals surface area contributed by atoms with Crippen LogP contribution in [-0.4, -0.2) is 31.2 Å². The third kappa shape index (κ3) is 2.99. The van der Waals surface area contributed by atoms with E-state index in [4.69, 9.17) is 10.5 Å². The van der Waals surface area contributed by atoms with Crippen molar-refractivity contribution in [3.63, 3.8) is 0 Å². The van der Waals surface area contributed by atoms with Crippen molar-refractivity contribution in [2.24, 2.45) is 17.6 Å². The van der Waals surface area contributed by atoms with Gasteiger partial charge in [-0.15, -0.1) is 0 Å². The summed E-state index contributed by atoms with van der Waals surface area (Å²) in [6.07, 6.45) is 5.60. The van der Waals surface area contributed by atoms with Gasteiger partial charge < -0.3 is 15.8 Å². The Bertz CT molecular complexity index is 270. The van der Waals surface area contributed by atoms with Crippen molar-refractivity contribution in [2.75, 3.05) is 13.2 Å². The zero-order valence-electron chi connectivity index (χ0n) is 10.7. The maximum absolute atomic E-state index is 12.2. The fraction of sp³-hybridized carbons (Fsp3) is 0.923. The van der Waals surface area contributed by atoms with Gasteiger partial charge in [0.15, 0.2) is 0 Å². The van der Waals surface area contributed by atoms with Gasteiger partial charge in [0.1, 0.15) is 0 Å². The SMILES string of the molecule is CC1OCCC1C(=O)NC1CCCCC1CN. The summed E-state index contributed by atoms with van der Waals surface area (Å²) in [4.78, 5) is 12.2. The van der Waals surface area contributed by atoms with E-state index in [9.17, 15) is 4.79 Å².